The normalized spacial score (nSPS) is 11.1. The van der Waals surface area contributed by atoms with Gasteiger partial charge in [0, 0.05) is 5.02 Å². The van der Waals surface area contributed by atoms with E-state index < -0.39 is 10.0 Å². The fourth-order valence-electron chi connectivity index (χ4n) is 1.74. The Hall–Kier alpha value is -1.63. The lowest BCUT2D eigenvalue weighted by molar-refractivity contribution is 0.340. The van der Waals surface area contributed by atoms with Gasteiger partial charge in [-0.1, -0.05) is 23.2 Å². The highest BCUT2D eigenvalue weighted by Gasteiger charge is 2.13. The van der Waals surface area contributed by atoms with E-state index in [0.29, 0.717) is 16.5 Å². The van der Waals surface area contributed by atoms with Gasteiger partial charge in [0.15, 0.2) is 0 Å². The van der Waals surface area contributed by atoms with E-state index in [9.17, 15) is 8.42 Å². The van der Waals surface area contributed by atoms with Crippen LogP contribution in [-0.4, -0.2) is 27.9 Å². The maximum Gasteiger partial charge on any atom is 0.236 e. The van der Waals surface area contributed by atoms with Crippen LogP contribution in [0.25, 0.3) is 0 Å². The zero-order valence-corrected chi connectivity index (χ0v) is 14.6. The first-order valence-electron chi connectivity index (χ1n) is 6.62. The zero-order valence-electron chi connectivity index (χ0n) is 12.3. The van der Waals surface area contributed by atoms with Crippen molar-refractivity contribution >= 4 is 38.9 Å². The number of rotatable bonds is 7. The second kappa shape index (κ2) is 7.77. The molecular formula is C15H15Cl2NO4S. The standard InChI is InChI=1S/C15H15Cl2NO4S/c1-21-12-3-5-13(6-4-12)22-8-9-23(19,20)18-15-10-11(16)2-7-14(15)17/h2-7,10,18H,8-9H2,1H3. The lowest BCUT2D eigenvalue weighted by Crippen LogP contribution is -2.21. The van der Waals surface area contributed by atoms with Gasteiger partial charge in [-0.3, -0.25) is 4.72 Å². The Morgan fingerprint density at radius 3 is 2.35 bits per heavy atom. The largest absolute Gasteiger partial charge is 0.497 e. The minimum Gasteiger partial charge on any atom is -0.497 e. The van der Waals surface area contributed by atoms with Crippen molar-refractivity contribution in [3.63, 3.8) is 0 Å². The Morgan fingerprint density at radius 2 is 1.70 bits per heavy atom. The van der Waals surface area contributed by atoms with Crippen LogP contribution in [0.3, 0.4) is 0 Å². The third kappa shape index (κ3) is 5.49. The highest BCUT2D eigenvalue weighted by molar-refractivity contribution is 7.92. The minimum absolute atomic E-state index is 0.000152. The van der Waals surface area contributed by atoms with Crippen molar-refractivity contribution in [1.82, 2.24) is 0 Å². The molecule has 124 valence electrons. The first kappa shape index (κ1) is 17.7. The Kier molecular flexibility index (Phi) is 5.98. The number of anilines is 1. The molecule has 0 aliphatic carbocycles. The van der Waals surface area contributed by atoms with E-state index in [1.54, 1.807) is 37.4 Å². The van der Waals surface area contributed by atoms with Crippen LogP contribution in [0.2, 0.25) is 10.0 Å². The molecule has 0 aliphatic heterocycles. The Labute approximate surface area is 145 Å². The lowest BCUT2D eigenvalue weighted by atomic mass is 10.3. The monoisotopic (exact) mass is 375 g/mol. The summed E-state index contributed by atoms with van der Waals surface area (Å²) < 4.78 is 36.9. The molecule has 0 heterocycles. The third-order valence-electron chi connectivity index (χ3n) is 2.87. The summed E-state index contributed by atoms with van der Waals surface area (Å²) in [4.78, 5) is 0. The van der Waals surface area contributed by atoms with E-state index in [2.05, 4.69) is 4.72 Å². The van der Waals surface area contributed by atoms with Crippen LogP contribution in [-0.2, 0) is 10.0 Å². The number of ether oxygens (including phenoxy) is 2. The lowest BCUT2D eigenvalue weighted by Gasteiger charge is -2.11. The highest BCUT2D eigenvalue weighted by atomic mass is 35.5. The molecule has 8 heteroatoms. The molecule has 2 aromatic rings. The van der Waals surface area contributed by atoms with Gasteiger partial charge in [-0.05, 0) is 42.5 Å². The average Bonchev–Trinajstić information content (AvgIpc) is 2.51. The van der Waals surface area contributed by atoms with Crippen molar-refractivity contribution in [1.29, 1.82) is 0 Å². The van der Waals surface area contributed by atoms with Gasteiger partial charge >= 0.3 is 0 Å². The summed E-state index contributed by atoms with van der Waals surface area (Å²) >= 11 is 11.8. The molecule has 0 aromatic heterocycles. The Bertz CT molecular complexity index is 764. The first-order chi connectivity index (χ1) is 10.9. The van der Waals surface area contributed by atoms with Gasteiger partial charge in [-0.25, -0.2) is 8.42 Å². The highest BCUT2D eigenvalue weighted by Crippen LogP contribution is 2.26. The molecule has 2 aromatic carbocycles. The first-order valence-corrected chi connectivity index (χ1v) is 9.03. The van der Waals surface area contributed by atoms with Crippen molar-refractivity contribution in [2.75, 3.05) is 24.2 Å². The molecule has 0 unspecified atom stereocenters. The van der Waals surface area contributed by atoms with E-state index in [0.717, 1.165) is 0 Å². The van der Waals surface area contributed by atoms with Crippen molar-refractivity contribution < 1.29 is 17.9 Å². The molecule has 0 amide bonds. The zero-order chi connectivity index (χ0) is 16.9. The summed E-state index contributed by atoms with van der Waals surface area (Å²) in [6, 6.07) is 11.4. The minimum atomic E-state index is -3.60. The second-order valence-electron chi connectivity index (χ2n) is 4.57. The summed E-state index contributed by atoms with van der Waals surface area (Å²) in [5.74, 6) is 1.03. The summed E-state index contributed by atoms with van der Waals surface area (Å²) in [5, 5.41) is 0.663. The maximum atomic E-state index is 12.0. The Balaban J connectivity index is 1.92. The molecule has 0 spiro atoms. The molecular weight excluding hydrogens is 361 g/mol. The Morgan fingerprint density at radius 1 is 1.04 bits per heavy atom. The molecule has 0 bridgehead atoms. The third-order valence-corrected chi connectivity index (χ3v) is 4.67. The summed E-state index contributed by atoms with van der Waals surface area (Å²) in [6.45, 7) is -0.000152. The van der Waals surface area contributed by atoms with Crippen LogP contribution in [0.4, 0.5) is 5.69 Å². The SMILES string of the molecule is COc1ccc(OCCS(=O)(=O)Nc2cc(Cl)ccc2Cl)cc1. The van der Waals surface area contributed by atoms with Crippen molar-refractivity contribution in [3.8, 4) is 11.5 Å². The van der Waals surface area contributed by atoms with Gasteiger partial charge in [0.05, 0.1) is 17.8 Å². The molecule has 0 saturated heterocycles. The maximum absolute atomic E-state index is 12.0. The van der Waals surface area contributed by atoms with Crippen molar-refractivity contribution in [3.05, 3.63) is 52.5 Å². The van der Waals surface area contributed by atoms with E-state index in [4.69, 9.17) is 32.7 Å². The van der Waals surface area contributed by atoms with Gasteiger partial charge in [0.2, 0.25) is 10.0 Å². The molecule has 5 nitrogen and oxygen atoms in total. The van der Waals surface area contributed by atoms with Crippen LogP contribution < -0.4 is 14.2 Å². The van der Waals surface area contributed by atoms with E-state index in [1.807, 2.05) is 0 Å². The van der Waals surface area contributed by atoms with Gasteiger partial charge in [0.1, 0.15) is 23.9 Å². The molecule has 23 heavy (non-hydrogen) atoms. The van der Waals surface area contributed by atoms with E-state index >= 15 is 0 Å². The molecule has 2 rings (SSSR count). The smallest absolute Gasteiger partial charge is 0.236 e. The van der Waals surface area contributed by atoms with Gasteiger partial charge in [-0.2, -0.15) is 0 Å². The van der Waals surface area contributed by atoms with Crippen molar-refractivity contribution in [2.24, 2.45) is 0 Å². The van der Waals surface area contributed by atoms with Crippen LogP contribution in [0, 0.1) is 0 Å². The number of sulfonamides is 1. The molecule has 1 N–H and O–H groups in total. The van der Waals surface area contributed by atoms with Crippen LogP contribution >= 0.6 is 23.2 Å². The number of halogens is 2. The van der Waals surface area contributed by atoms with E-state index in [-0.39, 0.29) is 23.1 Å². The second-order valence-corrected chi connectivity index (χ2v) is 7.25. The van der Waals surface area contributed by atoms with Gasteiger partial charge < -0.3 is 9.47 Å². The van der Waals surface area contributed by atoms with Gasteiger partial charge in [-0.15, -0.1) is 0 Å². The molecule has 0 fully saturated rings. The quantitative estimate of drug-likeness (QED) is 0.798. The van der Waals surface area contributed by atoms with Crippen LogP contribution in [0.5, 0.6) is 11.5 Å². The van der Waals surface area contributed by atoms with Crippen LogP contribution in [0.15, 0.2) is 42.5 Å². The predicted octanol–water partition coefficient (Wildman–Crippen LogP) is 3.82. The fourth-order valence-corrected chi connectivity index (χ4v) is 3.04. The van der Waals surface area contributed by atoms with Crippen molar-refractivity contribution in [2.45, 2.75) is 0 Å². The fraction of sp³-hybridized carbons (Fsp3) is 0.200. The topological polar surface area (TPSA) is 64.6 Å². The van der Waals surface area contributed by atoms with E-state index in [1.165, 1.54) is 12.1 Å². The number of hydrogen-bond acceptors (Lipinski definition) is 4. The van der Waals surface area contributed by atoms with Gasteiger partial charge in [0.25, 0.3) is 0 Å². The molecule has 0 atom stereocenters. The van der Waals surface area contributed by atoms with Crippen LogP contribution in [0.1, 0.15) is 0 Å². The summed E-state index contributed by atoms with van der Waals surface area (Å²) in [7, 11) is -2.04. The summed E-state index contributed by atoms with van der Waals surface area (Å²) in [6.07, 6.45) is 0. The number of benzene rings is 2. The number of nitrogens with one attached hydrogen (secondary N) is 1. The summed E-state index contributed by atoms with van der Waals surface area (Å²) in [5.41, 5.74) is 0.239. The predicted molar refractivity (Wildman–Crippen MR) is 92.4 cm³/mol. The molecule has 0 aliphatic rings. The number of hydrogen-bond donors (Lipinski definition) is 1. The average molecular weight is 376 g/mol. The number of methoxy groups -OCH3 is 1. The molecule has 0 radical (unpaired) electrons. The molecule has 0 saturated carbocycles.